The molecule has 0 saturated heterocycles. The van der Waals surface area contributed by atoms with Gasteiger partial charge in [0.05, 0.1) is 23.5 Å². The Kier molecular flexibility index (Phi) is 4.80. The third kappa shape index (κ3) is 3.84. The molecular formula is C17H15F3N2O2S. The van der Waals surface area contributed by atoms with Crippen molar-refractivity contribution in [3.8, 4) is 0 Å². The summed E-state index contributed by atoms with van der Waals surface area (Å²) in [6.45, 7) is 0.142. The van der Waals surface area contributed by atoms with Gasteiger partial charge in [-0.2, -0.15) is 13.2 Å². The van der Waals surface area contributed by atoms with E-state index in [2.05, 4.69) is 5.32 Å². The normalized spacial score (nSPS) is 13.6. The average Bonchev–Trinajstić information content (AvgIpc) is 3.22. The van der Waals surface area contributed by atoms with Gasteiger partial charge in [0.2, 0.25) is 5.91 Å². The highest BCUT2D eigenvalue weighted by Gasteiger charge is 2.36. The summed E-state index contributed by atoms with van der Waals surface area (Å²) in [4.78, 5) is 26.1. The van der Waals surface area contributed by atoms with E-state index >= 15 is 0 Å². The second-order valence-electron chi connectivity index (χ2n) is 5.65. The van der Waals surface area contributed by atoms with E-state index in [4.69, 9.17) is 0 Å². The summed E-state index contributed by atoms with van der Waals surface area (Å²) in [6, 6.07) is 7.41. The molecule has 0 radical (unpaired) electrons. The van der Waals surface area contributed by atoms with Crippen molar-refractivity contribution in [2.75, 3.05) is 24.5 Å². The predicted octanol–water partition coefficient (Wildman–Crippen LogP) is 3.13. The summed E-state index contributed by atoms with van der Waals surface area (Å²) >= 11 is 1.29. The lowest BCUT2D eigenvalue weighted by Gasteiger charge is -2.19. The van der Waals surface area contributed by atoms with Crippen LogP contribution >= 0.6 is 11.3 Å². The highest BCUT2D eigenvalue weighted by molar-refractivity contribution is 7.12. The molecule has 4 nitrogen and oxygen atoms in total. The van der Waals surface area contributed by atoms with Crippen molar-refractivity contribution in [1.29, 1.82) is 0 Å². The third-order valence-corrected chi connectivity index (χ3v) is 4.92. The summed E-state index contributed by atoms with van der Waals surface area (Å²) in [5, 5.41) is 4.30. The fourth-order valence-corrected chi connectivity index (χ4v) is 3.53. The molecule has 0 unspecified atom stereocenters. The molecule has 132 valence electrons. The van der Waals surface area contributed by atoms with Crippen LogP contribution in [0.5, 0.6) is 0 Å². The predicted molar refractivity (Wildman–Crippen MR) is 89.0 cm³/mol. The number of amides is 1. The van der Waals surface area contributed by atoms with Gasteiger partial charge in [0.25, 0.3) is 0 Å². The van der Waals surface area contributed by atoms with Crippen molar-refractivity contribution < 1.29 is 22.8 Å². The van der Waals surface area contributed by atoms with E-state index in [9.17, 15) is 22.8 Å². The quantitative estimate of drug-likeness (QED) is 0.825. The first-order valence-corrected chi connectivity index (χ1v) is 8.51. The van der Waals surface area contributed by atoms with Crippen LogP contribution in [0, 0.1) is 0 Å². The van der Waals surface area contributed by atoms with E-state index in [-0.39, 0.29) is 30.9 Å². The number of benzene rings is 1. The number of carbonyl (C=O) groups is 2. The summed E-state index contributed by atoms with van der Waals surface area (Å²) in [6.07, 6.45) is -4.16. The number of hydrogen-bond acceptors (Lipinski definition) is 4. The molecule has 1 aromatic carbocycles. The molecule has 1 aromatic heterocycles. The van der Waals surface area contributed by atoms with Crippen LogP contribution in [-0.4, -0.2) is 31.3 Å². The average molecular weight is 368 g/mol. The Morgan fingerprint density at radius 3 is 2.68 bits per heavy atom. The number of ketones is 1. The van der Waals surface area contributed by atoms with Crippen molar-refractivity contribution in [3.05, 3.63) is 51.7 Å². The van der Waals surface area contributed by atoms with Gasteiger partial charge < -0.3 is 10.2 Å². The number of anilines is 1. The zero-order valence-corrected chi connectivity index (χ0v) is 13.9. The number of alkyl halides is 3. The van der Waals surface area contributed by atoms with Crippen LogP contribution in [0.15, 0.2) is 35.7 Å². The Hall–Kier alpha value is -2.35. The number of thiophene rings is 1. The minimum absolute atomic E-state index is 0.0774. The molecule has 8 heteroatoms. The summed E-state index contributed by atoms with van der Waals surface area (Å²) in [5.74, 6) is -0.584. The number of fused-ring (bicyclic) bond motifs is 1. The molecule has 0 bridgehead atoms. The summed E-state index contributed by atoms with van der Waals surface area (Å²) in [7, 11) is 0. The molecule has 3 rings (SSSR count). The van der Waals surface area contributed by atoms with E-state index in [0.29, 0.717) is 17.1 Å². The first-order chi connectivity index (χ1) is 11.9. The van der Waals surface area contributed by atoms with E-state index in [1.54, 1.807) is 28.5 Å². The SMILES string of the molecule is O=C(CN1CCc2c1cccc2C(F)(F)F)NCC(=O)c1cccs1. The molecule has 0 fully saturated rings. The van der Waals surface area contributed by atoms with Gasteiger partial charge in [-0.15, -0.1) is 11.3 Å². The Labute approximate surface area is 146 Å². The molecule has 0 spiro atoms. The fraction of sp³-hybridized carbons (Fsp3) is 0.294. The first kappa shape index (κ1) is 17.5. The number of nitrogens with one attached hydrogen (secondary N) is 1. The van der Waals surface area contributed by atoms with Crippen LogP contribution < -0.4 is 10.2 Å². The lowest BCUT2D eigenvalue weighted by Crippen LogP contribution is -2.38. The largest absolute Gasteiger partial charge is 0.416 e. The number of rotatable bonds is 5. The Bertz CT molecular complexity index is 788. The molecule has 2 aromatic rings. The van der Waals surface area contributed by atoms with E-state index in [1.165, 1.54) is 17.4 Å². The molecule has 1 aliphatic heterocycles. The number of hydrogen-bond donors (Lipinski definition) is 1. The molecule has 1 N–H and O–H groups in total. The number of carbonyl (C=O) groups excluding carboxylic acids is 2. The van der Waals surface area contributed by atoms with Crippen LogP contribution in [0.2, 0.25) is 0 Å². The van der Waals surface area contributed by atoms with Gasteiger partial charge in [-0.3, -0.25) is 9.59 Å². The molecular weight excluding hydrogens is 353 g/mol. The van der Waals surface area contributed by atoms with Crippen LogP contribution in [0.3, 0.4) is 0 Å². The zero-order chi connectivity index (χ0) is 18.0. The van der Waals surface area contributed by atoms with Gasteiger partial charge in [0.1, 0.15) is 0 Å². The Balaban J connectivity index is 1.62. The van der Waals surface area contributed by atoms with Crippen LogP contribution in [-0.2, 0) is 17.4 Å². The maximum Gasteiger partial charge on any atom is 0.416 e. The summed E-state index contributed by atoms with van der Waals surface area (Å²) < 4.78 is 39.1. The van der Waals surface area contributed by atoms with Crippen LogP contribution in [0.1, 0.15) is 20.8 Å². The molecule has 25 heavy (non-hydrogen) atoms. The lowest BCUT2D eigenvalue weighted by atomic mass is 10.0. The van der Waals surface area contributed by atoms with Crippen molar-refractivity contribution in [2.24, 2.45) is 0 Å². The third-order valence-electron chi connectivity index (χ3n) is 4.01. The van der Waals surface area contributed by atoms with Crippen molar-refractivity contribution in [2.45, 2.75) is 12.6 Å². The van der Waals surface area contributed by atoms with Gasteiger partial charge in [-0.05, 0) is 35.6 Å². The topological polar surface area (TPSA) is 49.4 Å². The number of halogens is 3. The Morgan fingerprint density at radius 2 is 2.00 bits per heavy atom. The monoisotopic (exact) mass is 368 g/mol. The van der Waals surface area contributed by atoms with Gasteiger partial charge in [-0.25, -0.2) is 0 Å². The lowest BCUT2D eigenvalue weighted by molar-refractivity contribution is -0.138. The Morgan fingerprint density at radius 1 is 1.20 bits per heavy atom. The molecule has 0 aliphatic carbocycles. The van der Waals surface area contributed by atoms with Gasteiger partial charge in [-0.1, -0.05) is 12.1 Å². The van der Waals surface area contributed by atoms with Crippen molar-refractivity contribution in [1.82, 2.24) is 5.32 Å². The maximum absolute atomic E-state index is 13.0. The summed E-state index contributed by atoms with van der Waals surface area (Å²) in [5.41, 5.74) is -0.00667. The van der Waals surface area contributed by atoms with Crippen LogP contribution in [0.25, 0.3) is 0 Å². The maximum atomic E-state index is 13.0. The van der Waals surface area contributed by atoms with Crippen molar-refractivity contribution in [3.63, 3.8) is 0 Å². The van der Waals surface area contributed by atoms with E-state index in [0.717, 1.165) is 6.07 Å². The molecule has 1 aliphatic rings. The van der Waals surface area contributed by atoms with E-state index in [1.807, 2.05) is 0 Å². The minimum atomic E-state index is -4.41. The van der Waals surface area contributed by atoms with Crippen molar-refractivity contribution >= 4 is 28.7 Å². The second kappa shape index (κ2) is 6.87. The zero-order valence-electron chi connectivity index (χ0n) is 13.1. The molecule has 0 atom stereocenters. The minimum Gasteiger partial charge on any atom is -0.362 e. The fourth-order valence-electron chi connectivity index (χ4n) is 2.86. The van der Waals surface area contributed by atoms with Gasteiger partial charge in [0, 0.05) is 12.2 Å². The number of nitrogens with zero attached hydrogens (tertiary/aromatic N) is 1. The molecule has 1 amide bonds. The smallest absolute Gasteiger partial charge is 0.362 e. The van der Waals surface area contributed by atoms with Crippen LogP contribution in [0.4, 0.5) is 18.9 Å². The highest BCUT2D eigenvalue weighted by atomic mass is 32.1. The standard InChI is InChI=1S/C17H15F3N2O2S/c18-17(19,20)12-3-1-4-13-11(12)6-7-22(13)10-16(24)21-9-14(23)15-5-2-8-25-15/h1-5,8H,6-7,9-10H2,(H,21,24). The first-order valence-electron chi connectivity index (χ1n) is 7.63. The van der Waals surface area contributed by atoms with Gasteiger partial charge in [0.15, 0.2) is 5.78 Å². The van der Waals surface area contributed by atoms with E-state index < -0.39 is 17.6 Å². The second-order valence-corrected chi connectivity index (χ2v) is 6.60. The van der Waals surface area contributed by atoms with Gasteiger partial charge >= 0.3 is 6.18 Å². The highest BCUT2D eigenvalue weighted by Crippen LogP contribution is 2.39. The molecule has 2 heterocycles. The number of Topliss-reactive ketones (excluding diaryl/α,β-unsaturated/α-hetero) is 1. The molecule has 0 saturated carbocycles.